The minimum Gasteiger partial charge on any atom is -0.413 e. The maximum atomic E-state index is 13.7. The Morgan fingerprint density at radius 3 is 2.52 bits per heavy atom. The number of urea groups is 1. The van der Waals surface area contributed by atoms with Crippen LogP contribution >= 0.6 is 7.67 Å². The molecule has 27 heavy (non-hydrogen) atoms. The molecular weight excluding hydrogens is 372 g/mol. The minimum atomic E-state index is -3.79. The first-order valence-corrected chi connectivity index (χ1v) is 10.2. The number of ether oxygens (including phenoxy) is 1. The Kier molecular flexibility index (Phi) is 4.76. The maximum Gasteiger partial charge on any atom is 0.450 e. The van der Waals surface area contributed by atoms with Crippen molar-refractivity contribution in [1.82, 2.24) is 9.99 Å². The number of halogens is 1. The summed E-state index contributed by atoms with van der Waals surface area (Å²) in [5.74, 6) is 0.0609. The van der Waals surface area contributed by atoms with E-state index in [0.29, 0.717) is 37.7 Å². The number of hydrogen-bond acceptors (Lipinski definition) is 4. The third-order valence-corrected chi connectivity index (χ3v) is 6.42. The second kappa shape index (κ2) is 7.21. The van der Waals surface area contributed by atoms with Crippen molar-refractivity contribution >= 4 is 19.4 Å². The fraction of sp³-hybridized carbons (Fsp3) is 0.278. The van der Waals surface area contributed by atoms with E-state index in [2.05, 4.69) is 5.09 Å². The van der Waals surface area contributed by atoms with E-state index in [4.69, 9.17) is 9.26 Å². The van der Waals surface area contributed by atoms with Gasteiger partial charge in [0.1, 0.15) is 11.6 Å². The molecule has 2 aliphatic rings. The third kappa shape index (κ3) is 3.63. The molecule has 0 radical (unpaired) electrons. The molecular formula is C18H19FN3O4P. The lowest BCUT2D eigenvalue weighted by atomic mass is 10.2. The molecule has 1 N–H and O–H groups in total. The number of amides is 2. The molecule has 7 nitrogen and oxygen atoms in total. The van der Waals surface area contributed by atoms with Crippen LogP contribution in [-0.2, 0) is 15.8 Å². The number of nitrogens with one attached hydrogen (secondary N) is 1. The van der Waals surface area contributed by atoms with Crippen molar-refractivity contribution in [2.24, 2.45) is 0 Å². The molecule has 9 heteroatoms. The van der Waals surface area contributed by atoms with Crippen LogP contribution in [0.1, 0.15) is 5.56 Å². The lowest BCUT2D eigenvalue weighted by Crippen LogP contribution is -2.47. The number of nitrogens with zero attached hydrogens (tertiary/aromatic N) is 2. The van der Waals surface area contributed by atoms with Gasteiger partial charge in [-0.3, -0.25) is 4.67 Å². The first-order valence-electron chi connectivity index (χ1n) is 8.61. The SMILES string of the molecule is O=C(NP1(=O)Oc2ccccc2CN1c1ccc(F)cc1)N1CCOCC1. The number of carbonyl (C=O) groups is 1. The van der Waals surface area contributed by atoms with Crippen molar-refractivity contribution in [2.75, 3.05) is 31.0 Å². The number of hydrogen-bond donors (Lipinski definition) is 1. The van der Waals surface area contributed by atoms with Crippen LogP contribution in [0.3, 0.4) is 0 Å². The molecule has 0 bridgehead atoms. The van der Waals surface area contributed by atoms with Crippen LogP contribution in [0.15, 0.2) is 48.5 Å². The molecule has 1 fully saturated rings. The van der Waals surface area contributed by atoms with Gasteiger partial charge in [-0.25, -0.2) is 18.8 Å². The average molecular weight is 391 g/mol. The molecule has 4 rings (SSSR count). The number of morpholine rings is 1. The molecule has 1 atom stereocenters. The van der Waals surface area contributed by atoms with Crippen LogP contribution in [0.4, 0.5) is 14.9 Å². The van der Waals surface area contributed by atoms with Gasteiger partial charge in [-0.2, -0.15) is 0 Å². The summed E-state index contributed by atoms with van der Waals surface area (Å²) in [6.45, 7) is 1.96. The van der Waals surface area contributed by atoms with Crippen LogP contribution < -0.4 is 14.3 Å². The number of benzene rings is 2. The third-order valence-electron chi connectivity index (χ3n) is 4.49. The van der Waals surface area contributed by atoms with E-state index < -0.39 is 19.5 Å². The molecule has 2 aliphatic heterocycles. The maximum absolute atomic E-state index is 13.7. The van der Waals surface area contributed by atoms with E-state index >= 15 is 0 Å². The normalized spacial score (nSPS) is 22.0. The minimum absolute atomic E-state index is 0.266. The second-order valence-electron chi connectivity index (χ2n) is 6.27. The van der Waals surface area contributed by atoms with E-state index in [9.17, 15) is 13.8 Å². The van der Waals surface area contributed by atoms with Gasteiger partial charge < -0.3 is 14.2 Å². The lowest BCUT2D eigenvalue weighted by Gasteiger charge is -2.38. The fourth-order valence-electron chi connectivity index (χ4n) is 3.06. The van der Waals surface area contributed by atoms with Crippen molar-refractivity contribution in [3.63, 3.8) is 0 Å². The predicted octanol–water partition coefficient (Wildman–Crippen LogP) is 3.37. The van der Waals surface area contributed by atoms with Gasteiger partial charge in [0.05, 0.1) is 19.8 Å². The Morgan fingerprint density at radius 1 is 1.07 bits per heavy atom. The molecule has 2 aromatic rings. The van der Waals surface area contributed by atoms with E-state index in [1.165, 1.54) is 33.8 Å². The second-order valence-corrected chi connectivity index (χ2v) is 8.20. The highest BCUT2D eigenvalue weighted by Crippen LogP contribution is 2.54. The molecule has 0 aromatic heterocycles. The topological polar surface area (TPSA) is 71.1 Å². The Morgan fingerprint density at radius 2 is 1.78 bits per heavy atom. The van der Waals surface area contributed by atoms with Gasteiger partial charge in [-0.1, -0.05) is 18.2 Å². The quantitative estimate of drug-likeness (QED) is 0.795. The van der Waals surface area contributed by atoms with Crippen LogP contribution in [0, 0.1) is 5.82 Å². The lowest BCUT2D eigenvalue weighted by molar-refractivity contribution is 0.0543. The molecule has 2 heterocycles. The standard InChI is InChI=1S/C18H19FN3O4P/c19-15-5-7-16(8-6-15)22-13-14-3-1-2-4-17(14)26-27(22,24)20-18(23)21-9-11-25-12-10-21/h1-8H,9-13H2,(H,20,23,24). The highest BCUT2D eigenvalue weighted by Gasteiger charge is 2.41. The van der Waals surface area contributed by atoms with Crippen LogP contribution in [-0.4, -0.2) is 37.2 Å². The average Bonchev–Trinajstić information content (AvgIpc) is 2.68. The number of rotatable bonds is 2. The predicted molar refractivity (Wildman–Crippen MR) is 98.2 cm³/mol. The van der Waals surface area contributed by atoms with Gasteiger partial charge in [0.25, 0.3) is 0 Å². The monoisotopic (exact) mass is 391 g/mol. The zero-order valence-electron chi connectivity index (χ0n) is 14.5. The van der Waals surface area contributed by atoms with Crippen molar-refractivity contribution in [1.29, 1.82) is 0 Å². The summed E-state index contributed by atoms with van der Waals surface area (Å²) in [5, 5.41) is 2.57. The van der Waals surface area contributed by atoms with Gasteiger partial charge in [-0.05, 0) is 30.3 Å². The first-order chi connectivity index (χ1) is 13.0. The summed E-state index contributed by atoms with van der Waals surface area (Å²) < 4.78 is 39.5. The molecule has 0 spiro atoms. The van der Waals surface area contributed by atoms with Gasteiger partial charge in [0, 0.05) is 24.3 Å². The van der Waals surface area contributed by atoms with Crippen molar-refractivity contribution in [2.45, 2.75) is 6.54 Å². The molecule has 1 saturated heterocycles. The number of anilines is 1. The summed E-state index contributed by atoms with van der Waals surface area (Å²) in [5.41, 5.74) is 1.32. The van der Waals surface area contributed by atoms with Gasteiger partial charge >= 0.3 is 13.7 Å². The Balaban J connectivity index is 1.66. The van der Waals surface area contributed by atoms with Crippen molar-refractivity contribution < 1.29 is 23.0 Å². The van der Waals surface area contributed by atoms with Gasteiger partial charge in [0.2, 0.25) is 0 Å². The van der Waals surface area contributed by atoms with E-state index in [1.807, 2.05) is 12.1 Å². The van der Waals surface area contributed by atoms with Crippen molar-refractivity contribution in [3.8, 4) is 5.75 Å². The zero-order valence-corrected chi connectivity index (χ0v) is 15.4. The Hall–Kier alpha value is -2.57. The number of carbonyl (C=O) groups excluding carboxylic acids is 1. The van der Waals surface area contributed by atoms with Gasteiger partial charge in [-0.15, -0.1) is 0 Å². The molecule has 0 aliphatic carbocycles. The number of para-hydroxylation sites is 1. The Labute approximate surface area is 156 Å². The molecule has 2 aromatic carbocycles. The summed E-state index contributed by atoms with van der Waals surface area (Å²) in [7, 11) is -3.79. The zero-order chi connectivity index (χ0) is 18.9. The van der Waals surface area contributed by atoms with Crippen LogP contribution in [0.25, 0.3) is 0 Å². The first kappa shape index (κ1) is 17.8. The highest BCUT2D eigenvalue weighted by molar-refractivity contribution is 7.59. The van der Waals surface area contributed by atoms with Crippen LogP contribution in [0.5, 0.6) is 5.75 Å². The Bertz CT molecular complexity index is 886. The smallest absolute Gasteiger partial charge is 0.413 e. The van der Waals surface area contributed by atoms with Crippen molar-refractivity contribution in [3.05, 3.63) is 59.9 Å². The van der Waals surface area contributed by atoms with Crippen LogP contribution in [0.2, 0.25) is 0 Å². The molecule has 1 unspecified atom stereocenters. The molecule has 0 saturated carbocycles. The number of fused-ring (bicyclic) bond motifs is 1. The van der Waals surface area contributed by atoms with E-state index in [0.717, 1.165) is 5.56 Å². The summed E-state index contributed by atoms with van der Waals surface area (Å²) >= 11 is 0. The largest absolute Gasteiger partial charge is 0.450 e. The van der Waals surface area contributed by atoms with E-state index in [-0.39, 0.29) is 6.54 Å². The summed E-state index contributed by atoms with van der Waals surface area (Å²) in [6, 6.07) is 12.3. The fourth-order valence-corrected chi connectivity index (χ4v) is 4.93. The highest BCUT2D eigenvalue weighted by atomic mass is 31.2. The summed E-state index contributed by atoms with van der Waals surface area (Å²) in [6.07, 6.45) is 0. The molecule has 2 amide bonds. The van der Waals surface area contributed by atoms with E-state index in [1.54, 1.807) is 12.1 Å². The summed E-state index contributed by atoms with van der Waals surface area (Å²) in [4.78, 5) is 14.2. The molecule has 142 valence electrons. The van der Waals surface area contributed by atoms with Gasteiger partial charge in [0.15, 0.2) is 0 Å².